The minimum atomic E-state index is 0.691. The van der Waals surface area contributed by atoms with Crippen LogP contribution >= 0.6 is 0 Å². The van der Waals surface area contributed by atoms with Crippen molar-refractivity contribution in [2.75, 3.05) is 6.54 Å². The van der Waals surface area contributed by atoms with E-state index in [1.54, 1.807) is 0 Å². The third-order valence-electron chi connectivity index (χ3n) is 3.40. The number of nitrogens with one attached hydrogen (secondary N) is 1. The van der Waals surface area contributed by atoms with Gasteiger partial charge in [-0.2, -0.15) is 0 Å². The van der Waals surface area contributed by atoms with Crippen molar-refractivity contribution in [2.24, 2.45) is 5.73 Å². The summed E-state index contributed by atoms with van der Waals surface area (Å²) in [5.41, 5.74) is 9.52. The van der Waals surface area contributed by atoms with E-state index in [2.05, 4.69) is 48.3 Å². The molecule has 3 N–H and O–H groups in total. The normalized spacial score (nSPS) is 11.4. The second kappa shape index (κ2) is 3.90. The number of aromatic amines is 1. The first-order chi connectivity index (χ1) is 8.31. The van der Waals surface area contributed by atoms with Gasteiger partial charge in [0.15, 0.2) is 0 Å². The standard InChI is InChI=1S/C15H16N2/c1-10-12(8-9-16)15-13-5-3-2-4-11(13)6-7-14(15)17-10/h2-7,17H,8-9,16H2,1H3. The van der Waals surface area contributed by atoms with Crippen LogP contribution in [0.25, 0.3) is 21.7 Å². The molecule has 1 aromatic heterocycles. The minimum Gasteiger partial charge on any atom is -0.358 e. The summed E-state index contributed by atoms with van der Waals surface area (Å²) in [6.45, 7) is 2.82. The number of hydrogen-bond acceptors (Lipinski definition) is 1. The molecular weight excluding hydrogens is 208 g/mol. The molecule has 0 unspecified atom stereocenters. The van der Waals surface area contributed by atoms with Gasteiger partial charge >= 0.3 is 0 Å². The predicted octanol–water partition coefficient (Wildman–Crippen LogP) is 3.13. The number of aromatic nitrogens is 1. The highest BCUT2D eigenvalue weighted by Gasteiger charge is 2.10. The quantitative estimate of drug-likeness (QED) is 0.690. The van der Waals surface area contributed by atoms with Crippen molar-refractivity contribution in [1.29, 1.82) is 0 Å². The highest BCUT2D eigenvalue weighted by Crippen LogP contribution is 2.30. The van der Waals surface area contributed by atoms with Gasteiger partial charge in [-0.1, -0.05) is 30.3 Å². The zero-order chi connectivity index (χ0) is 11.8. The van der Waals surface area contributed by atoms with Crippen molar-refractivity contribution >= 4 is 21.7 Å². The van der Waals surface area contributed by atoms with Crippen molar-refractivity contribution in [3.8, 4) is 0 Å². The fourth-order valence-electron chi connectivity index (χ4n) is 2.62. The van der Waals surface area contributed by atoms with Gasteiger partial charge in [0.2, 0.25) is 0 Å². The molecule has 2 heteroatoms. The van der Waals surface area contributed by atoms with E-state index in [9.17, 15) is 0 Å². The van der Waals surface area contributed by atoms with E-state index < -0.39 is 0 Å². The Morgan fingerprint density at radius 3 is 2.76 bits per heavy atom. The third-order valence-corrected chi connectivity index (χ3v) is 3.40. The number of H-pyrrole nitrogens is 1. The van der Waals surface area contributed by atoms with Crippen LogP contribution in [0, 0.1) is 6.92 Å². The maximum Gasteiger partial charge on any atom is 0.0465 e. The molecule has 2 nitrogen and oxygen atoms in total. The Kier molecular flexibility index (Phi) is 2.37. The fraction of sp³-hybridized carbons (Fsp3) is 0.200. The van der Waals surface area contributed by atoms with Crippen molar-refractivity contribution in [3.63, 3.8) is 0 Å². The van der Waals surface area contributed by atoms with Gasteiger partial charge in [-0.3, -0.25) is 0 Å². The molecule has 0 fully saturated rings. The van der Waals surface area contributed by atoms with Gasteiger partial charge in [0.25, 0.3) is 0 Å². The van der Waals surface area contributed by atoms with Crippen LogP contribution in [0.15, 0.2) is 36.4 Å². The van der Waals surface area contributed by atoms with Gasteiger partial charge in [-0.25, -0.2) is 0 Å². The monoisotopic (exact) mass is 224 g/mol. The van der Waals surface area contributed by atoms with Gasteiger partial charge in [0, 0.05) is 16.6 Å². The molecule has 17 heavy (non-hydrogen) atoms. The first-order valence-corrected chi connectivity index (χ1v) is 6.00. The topological polar surface area (TPSA) is 41.8 Å². The molecule has 0 aliphatic heterocycles. The molecule has 0 bridgehead atoms. The lowest BCUT2D eigenvalue weighted by molar-refractivity contribution is 0.963. The maximum absolute atomic E-state index is 5.71. The average molecular weight is 224 g/mol. The molecule has 0 spiro atoms. The van der Waals surface area contributed by atoms with Crippen LogP contribution in [0.5, 0.6) is 0 Å². The summed E-state index contributed by atoms with van der Waals surface area (Å²) >= 11 is 0. The first kappa shape index (κ1) is 10.4. The smallest absolute Gasteiger partial charge is 0.0465 e. The van der Waals surface area contributed by atoms with Crippen LogP contribution in [0.3, 0.4) is 0 Å². The second-order valence-electron chi connectivity index (χ2n) is 4.48. The van der Waals surface area contributed by atoms with E-state index in [1.165, 1.54) is 32.9 Å². The molecule has 0 amide bonds. The molecule has 1 heterocycles. The zero-order valence-electron chi connectivity index (χ0n) is 9.96. The maximum atomic E-state index is 5.71. The van der Waals surface area contributed by atoms with E-state index in [1.807, 2.05) is 0 Å². The van der Waals surface area contributed by atoms with E-state index in [0.29, 0.717) is 6.54 Å². The summed E-state index contributed by atoms with van der Waals surface area (Å²) in [7, 11) is 0. The van der Waals surface area contributed by atoms with Gasteiger partial charge < -0.3 is 10.7 Å². The minimum absolute atomic E-state index is 0.691. The van der Waals surface area contributed by atoms with Crippen LogP contribution in [0.1, 0.15) is 11.3 Å². The number of nitrogens with two attached hydrogens (primary N) is 1. The van der Waals surface area contributed by atoms with E-state index in [0.717, 1.165) is 6.42 Å². The highest BCUT2D eigenvalue weighted by atomic mass is 14.7. The fourth-order valence-corrected chi connectivity index (χ4v) is 2.62. The Morgan fingerprint density at radius 2 is 1.94 bits per heavy atom. The summed E-state index contributed by atoms with van der Waals surface area (Å²) in [6.07, 6.45) is 0.930. The molecule has 3 aromatic rings. The number of aryl methyl sites for hydroxylation is 1. The van der Waals surface area contributed by atoms with Gasteiger partial charge in [-0.15, -0.1) is 0 Å². The predicted molar refractivity (Wildman–Crippen MR) is 73.3 cm³/mol. The molecule has 0 radical (unpaired) electrons. The van der Waals surface area contributed by atoms with E-state index in [-0.39, 0.29) is 0 Å². The van der Waals surface area contributed by atoms with Gasteiger partial charge in [0.05, 0.1) is 0 Å². The number of benzene rings is 2. The molecule has 86 valence electrons. The Bertz CT molecular complexity index is 680. The lowest BCUT2D eigenvalue weighted by Gasteiger charge is -2.03. The molecule has 0 atom stereocenters. The van der Waals surface area contributed by atoms with Crippen molar-refractivity contribution in [2.45, 2.75) is 13.3 Å². The third kappa shape index (κ3) is 1.53. The van der Waals surface area contributed by atoms with E-state index >= 15 is 0 Å². The van der Waals surface area contributed by atoms with Crippen LogP contribution < -0.4 is 5.73 Å². The second-order valence-corrected chi connectivity index (χ2v) is 4.48. The van der Waals surface area contributed by atoms with Crippen LogP contribution in [-0.4, -0.2) is 11.5 Å². The average Bonchev–Trinajstić information content (AvgIpc) is 2.67. The number of fused-ring (bicyclic) bond motifs is 3. The number of rotatable bonds is 2. The molecule has 0 aliphatic rings. The summed E-state index contributed by atoms with van der Waals surface area (Å²) in [5, 5.41) is 3.95. The van der Waals surface area contributed by atoms with Crippen molar-refractivity contribution in [3.05, 3.63) is 47.7 Å². The summed E-state index contributed by atoms with van der Waals surface area (Å²) in [4.78, 5) is 3.45. The van der Waals surface area contributed by atoms with Gasteiger partial charge in [0.1, 0.15) is 0 Å². The van der Waals surface area contributed by atoms with Crippen LogP contribution in [-0.2, 0) is 6.42 Å². The van der Waals surface area contributed by atoms with Crippen LogP contribution in [0.2, 0.25) is 0 Å². The Hall–Kier alpha value is -1.80. The SMILES string of the molecule is Cc1[nH]c2ccc3ccccc3c2c1CCN. The lowest BCUT2D eigenvalue weighted by atomic mass is 10.0. The summed E-state index contributed by atoms with van der Waals surface area (Å²) in [6, 6.07) is 12.8. The van der Waals surface area contributed by atoms with Crippen molar-refractivity contribution < 1.29 is 0 Å². The Balaban J connectivity index is 2.46. The summed E-state index contributed by atoms with van der Waals surface area (Å²) < 4.78 is 0. The largest absolute Gasteiger partial charge is 0.358 e. The molecule has 0 aliphatic carbocycles. The van der Waals surface area contributed by atoms with Gasteiger partial charge in [-0.05, 0) is 42.3 Å². The molecule has 0 saturated carbocycles. The highest BCUT2D eigenvalue weighted by molar-refractivity contribution is 6.08. The number of hydrogen-bond donors (Lipinski definition) is 2. The Labute approximate surface area is 100 Å². The summed E-state index contributed by atoms with van der Waals surface area (Å²) in [5.74, 6) is 0. The van der Waals surface area contributed by atoms with Crippen LogP contribution in [0.4, 0.5) is 0 Å². The lowest BCUT2D eigenvalue weighted by Crippen LogP contribution is -2.03. The van der Waals surface area contributed by atoms with E-state index in [4.69, 9.17) is 5.73 Å². The van der Waals surface area contributed by atoms with Crippen molar-refractivity contribution in [1.82, 2.24) is 4.98 Å². The molecular formula is C15H16N2. The Morgan fingerprint density at radius 1 is 1.12 bits per heavy atom. The molecule has 2 aromatic carbocycles. The molecule has 0 saturated heterocycles. The first-order valence-electron chi connectivity index (χ1n) is 6.00. The molecule has 3 rings (SSSR count). The zero-order valence-corrected chi connectivity index (χ0v) is 9.96.